The number of nitrogens with zero attached hydrogens (tertiary/aromatic N) is 1. The molecule has 0 aromatic carbocycles. The SMILES string of the molecule is CCS(=N)(=O)N1C[C@H](O)C[C@H]1C(=O)O. The van der Waals surface area contributed by atoms with Crippen LogP contribution in [0.25, 0.3) is 0 Å². The quantitative estimate of drug-likeness (QED) is 0.598. The Morgan fingerprint density at radius 3 is 2.71 bits per heavy atom. The Morgan fingerprint density at radius 1 is 1.71 bits per heavy atom. The van der Waals surface area contributed by atoms with Gasteiger partial charge in [-0.2, -0.15) is 0 Å². The predicted molar refractivity (Wildman–Crippen MR) is 50.2 cm³/mol. The first kappa shape index (κ1) is 11.4. The highest BCUT2D eigenvalue weighted by molar-refractivity contribution is 7.90. The van der Waals surface area contributed by atoms with E-state index < -0.39 is 28.0 Å². The van der Waals surface area contributed by atoms with E-state index in [1.165, 1.54) is 0 Å². The van der Waals surface area contributed by atoms with Gasteiger partial charge in [-0.1, -0.05) is 6.92 Å². The summed E-state index contributed by atoms with van der Waals surface area (Å²) < 4.78 is 20.2. The van der Waals surface area contributed by atoms with Crippen LogP contribution in [0.15, 0.2) is 0 Å². The smallest absolute Gasteiger partial charge is 0.322 e. The first-order chi connectivity index (χ1) is 6.38. The molecule has 1 heterocycles. The number of hydrogen-bond acceptors (Lipinski definition) is 4. The zero-order valence-electron chi connectivity index (χ0n) is 7.84. The molecule has 3 N–H and O–H groups in total. The second-order valence-electron chi connectivity index (χ2n) is 3.27. The van der Waals surface area contributed by atoms with Crippen LogP contribution < -0.4 is 0 Å². The van der Waals surface area contributed by atoms with E-state index in [1.807, 2.05) is 0 Å². The van der Waals surface area contributed by atoms with Gasteiger partial charge in [0.15, 0.2) is 0 Å². The number of β-amino-alcohol motifs (C(OH)–C–C–N with tert-alkyl or cyclic N) is 1. The third kappa shape index (κ3) is 2.05. The van der Waals surface area contributed by atoms with Gasteiger partial charge >= 0.3 is 5.97 Å². The van der Waals surface area contributed by atoms with Gasteiger partial charge in [-0.15, -0.1) is 0 Å². The molecule has 82 valence electrons. The Kier molecular flexibility index (Phi) is 3.13. The lowest BCUT2D eigenvalue weighted by atomic mass is 10.2. The molecule has 0 aliphatic carbocycles. The van der Waals surface area contributed by atoms with Crippen molar-refractivity contribution in [3.05, 3.63) is 0 Å². The maximum atomic E-state index is 11.6. The molecule has 0 radical (unpaired) electrons. The molecule has 1 aliphatic rings. The topological polar surface area (TPSA) is 102 Å². The highest BCUT2D eigenvalue weighted by Gasteiger charge is 2.40. The van der Waals surface area contributed by atoms with Crippen LogP contribution in [-0.4, -0.2) is 49.1 Å². The van der Waals surface area contributed by atoms with Crippen molar-refractivity contribution in [1.29, 1.82) is 4.78 Å². The number of aliphatic hydroxyl groups is 1. The third-order valence-corrected chi connectivity index (χ3v) is 4.23. The summed E-state index contributed by atoms with van der Waals surface area (Å²) in [5, 5.41) is 18.1. The van der Waals surface area contributed by atoms with Gasteiger partial charge in [0, 0.05) is 18.7 Å². The fourth-order valence-corrected chi connectivity index (χ4v) is 2.83. The molecule has 0 aromatic heterocycles. The molecule has 0 saturated carbocycles. The Balaban J connectivity index is 2.93. The van der Waals surface area contributed by atoms with Gasteiger partial charge in [0.2, 0.25) is 0 Å². The number of aliphatic carboxylic acids is 1. The molecule has 1 unspecified atom stereocenters. The summed E-state index contributed by atoms with van der Waals surface area (Å²) in [7, 11) is -3.03. The summed E-state index contributed by atoms with van der Waals surface area (Å²) in [6.45, 7) is 1.58. The fraction of sp³-hybridized carbons (Fsp3) is 0.857. The average Bonchev–Trinajstić information content (AvgIpc) is 2.48. The Labute approximate surface area is 82.6 Å². The monoisotopic (exact) mass is 222 g/mol. The lowest BCUT2D eigenvalue weighted by Gasteiger charge is -2.22. The zero-order chi connectivity index (χ0) is 10.9. The first-order valence-electron chi connectivity index (χ1n) is 4.32. The van der Waals surface area contributed by atoms with Crippen molar-refractivity contribution in [1.82, 2.24) is 4.31 Å². The van der Waals surface area contributed by atoms with E-state index in [0.717, 1.165) is 4.31 Å². The maximum absolute atomic E-state index is 11.6. The van der Waals surface area contributed by atoms with Gasteiger partial charge in [0.05, 0.1) is 6.10 Å². The number of rotatable bonds is 3. The maximum Gasteiger partial charge on any atom is 0.322 e. The van der Waals surface area contributed by atoms with Crippen LogP contribution in [0.3, 0.4) is 0 Å². The second-order valence-corrected chi connectivity index (χ2v) is 5.60. The highest BCUT2D eigenvalue weighted by atomic mass is 32.2. The summed E-state index contributed by atoms with van der Waals surface area (Å²) in [5.74, 6) is -1.06. The summed E-state index contributed by atoms with van der Waals surface area (Å²) in [6, 6.07) is -0.991. The number of hydrogen-bond donors (Lipinski definition) is 3. The van der Waals surface area contributed by atoms with Crippen molar-refractivity contribution in [2.75, 3.05) is 12.3 Å². The molecule has 0 aromatic rings. The van der Waals surface area contributed by atoms with Crippen LogP contribution >= 0.6 is 0 Å². The largest absolute Gasteiger partial charge is 0.480 e. The zero-order valence-corrected chi connectivity index (χ0v) is 8.66. The molecule has 1 aliphatic heterocycles. The molecule has 1 saturated heterocycles. The summed E-state index contributed by atoms with van der Waals surface area (Å²) in [5.41, 5.74) is 0. The molecule has 14 heavy (non-hydrogen) atoms. The summed E-state index contributed by atoms with van der Waals surface area (Å²) >= 11 is 0. The van der Waals surface area contributed by atoms with Crippen molar-refractivity contribution in [2.45, 2.75) is 25.5 Å². The van der Waals surface area contributed by atoms with Gasteiger partial charge in [-0.3, -0.25) is 4.79 Å². The lowest BCUT2D eigenvalue weighted by Crippen LogP contribution is -2.40. The molecule has 0 bridgehead atoms. The normalized spacial score (nSPS) is 32.7. The van der Waals surface area contributed by atoms with Gasteiger partial charge in [0.25, 0.3) is 0 Å². The second kappa shape index (κ2) is 3.84. The van der Waals surface area contributed by atoms with E-state index in [9.17, 15) is 14.1 Å². The van der Waals surface area contributed by atoms with E-state index in [1.54, 1.807) is 6.92 Å². The van der Waals surface area contributed by atoms with Crippen LogP contribution in [0.2, 0.25) is 0 Å². The van der Waals surface area contributed by atoms with Crippen molar-refractivity contribution >= 4 is 15.9 Å². The lowest BCUT2D eigenvalue weighted by molar-refractivity contribution is -0.140. The van der Waals surface area contributed by atoms with Crippen molar-refractivity contribution in [3.8, 4) is 0 Å². The van der Waals surface area contributed by atoms with Gasteiger partial charge < -0.3 is 10.2 Å². The predicted octanol–water partition coefficient (Wildman–Crippen LogP) is -0.512. The molecule has 0 amide bonds. The average molecular weight is 222 g/mol. The van der Waals surface area contributed by atoms with E-state index in [4.69, 9.17) is 9.89 Å². The molecule has 1 fully saturated rings. The molecule has 1 rings (SSSR count). The minimum atomic E-state index is -3.03. The third-order valence-electron chi connectivity index (χ3n) is 2.29. The van der Waals surface area contributed by atoms with Crippen molar-refractivity contribution in [3.63, 3.8) is 0 Å². The molecular weight excluding hydrogens is 208 g/mol. The van der Waals surface area contributed by atoms with Crippen molar-refractivity contribution in [2.24, 2.45) is 0 Å². The summed E-state index contributed by atoms with van der Waals surface area (Å²) in [6.07, 6.45) is -0.751. The Morgan fingerprint density at radius 2 is 2.29 bits per heavy atom. The number of carboxylic acid groups (broad SMARTS) is 1. The van der Waals surface area contributed by atoms with Gasteiger partial charge in [-0.25, -0.2) is 13.3 Å². The molecule has 0 spiro atoms. The van der Waals surface area contributed by atoms with Crippen molar-refractivity contribution < 1.29 is 19.2 Å². The van der Waals surface area contributed by atoms with Crippen LogP contribution in [0.1, 0.15) is 13.3 Å². The fourth-order valence-electron chi connectivity index (χ4n) is 1.50. The molecule has 7 heteroatoms. The van der Waals surface area contributed by atoms with Crippen LogP contribution in [0, 0.1) is 4.78 Å². The highest BCUT2D eigenvalue weighted by Crippen LogP contribution is 2.22. The minimum absolute atomic E-state index is 0.00708. The van der Waals surface area contributed by atoms with E-state index in [2.05, 4.69) is 0 Å². The first-order valence-corrected chi connectivity index (χ1v) is 6.01. The van der Waals surface area contributed by atoms with E-state index in [-0.39, 0.29) is 18.7 Å². The number of carboxylic acids is 1. The van der Waals surface area contributed by atoms with E-state index in [0.29, 0.717) is 0 Å². The number of nitrogens with one attached hydrogen (secondary N) is 1. The van der Waals surface area contributed by atoms with Gasteiger partial charge in [0.1, 0.15) is 16.0 Å². The van der Waals surface area contributed by atoms with Crippen LogP contribution in [0.4, 0.5) is 0 Å². The minimum Gasteiger partial charge on any atom is -0.480 e. The number of carbonyl (C=O) groups is 1. The van der Waals surface area contributed by atoms with Crippen LogP contribution in [-0.2, 0) is 14.7 Å². The Hall–Kier alpha value is -0.660. The van der Waals surface area contributed by atoms with Crippen LogP contribution in [0.5, 0.6) is 0 Å². The molecule has 6 nitrogen and oxygen atoms in total. The Bertz CT molecular complexity index is 327. The van der Waals surface area contributed by atoms with E-state index >= 15 is 0 Å². The molecular formula is C7H14N2O4S. The molecule has 3 atom stereocenters. The number of aliphatic hydroxyl groups excluding tert-OH is 1. The summed E-state index contributed by atoms with van der Waals surface area (Å²) in [4.78, 5) is 10.8. The standard InChI is InChI=1S/C7H14N2O4S/c1-2-14(8,13)9-4-5(10)3-6(9)7(11)12/h5-6,8,10H,2-4H2,1H3,(H,11,12)/t5-,6+,14?/m1/s1. The van der Waals surface area contributed by atoms with Gasteiger partial charge in [-0.05, 0) is 0 Å².